The fourth-order valence-electron chi connectivity index (χ4n) is 3.09. The monoisotopic (exact) mass is 389 g/mol. The Bertz CT molecular complexity index is 820. The fraction of sp³-hybridized carbons (Fsp3) is 0.421. The molecule has 1 atom stereocenters. The van der Waals surface area contributed by atoms with Gasteiger partial charge in [-0.15, -0.1) is 0 Å². The van der Waals surface area contributed by atoms with Crippen molar-refractivity contribution in [1.82, 2.24) is 5.32 Å². The molecule has 1 aromatic carbocycles. The zero-order valence-corrected chi connectivity index (χ0v) is 16.4. The second-order valence-electron chi connectivity index (χ2n) is 6.30. The number of hydrogen-bond donors (Lipinski definition) is 1. The topological polar surface area (TPSA) is 89.4 Å². The normalized spacial score (nSPS) is 19.6. The molecule has 0 spiro atoms. The molecule has 3 rings (SSSR count). The summed E-state index contributed by atoms with van der Waals surface area (Å²) in [6.45, 7) is 4.29. The third-order valence-electron chi connectivity index (χ3n) is 4.31. The highest BCUT2D eigenvalue weighted by molar-refractivity contribution is 7.53. The number of nitrogens with zero attached hydrogens (tertiary/aromatic N) is 2. The molecular weight excluding hydrogens is 365 g/mol. The van der Waals surface area contributed by atoms with Crippen LogP contribution in [-0.4, -0.2) is 31.6 Å². The van der Waals surface area contributed by atoms with E-state index in [2.05, 4.69) is 15.3 Å². The lowest BCUT2D eigenvalue weighted by molar-refractivity contribution is -0.118. The molecule has 0 saturated heterocycles. The van der Waals surface area contributed by atoms with Crippen LogP contribution >= 0.6 is 7.60 Å². The largest absolute Gasteiger partial charge is 0.335 e. The predicted molar refractivity (Wildman–Crippen MR) is 106 cm³/mol. The van der Waals surface area contributed by atoms with E-state index in [0.29, 0.717) is 25.5 Å². The number of rotatable bonds is 8. The first-order valence-electron chi connectivity index (χ1n) is 9.09. The number of carbonyl (C=O) groups is 1. The summed E-state index contributed by atoms with van der Waals surface area (Å²) < 4.78 is 23.3. The van der Waals surface area contributed by atoms with Gasteiger partial charge in [0.25, 0.3) is 0 Å². The summed E-state index contributed by atoms with van der Waals surface area (Å²) in [5.74, 6) is 0.725. The van der Waals surface area contributed by atoms with Crippen LogP contribution in [0, 0.1) is 5.92 Å². The molecule has 1 unspecified atom stereocenters. The standard InChI is InChI=1S/C19H24N3O4P/c1-3-25-27(24,26-4-2)13-14-5-7-16(8-6-14)21-12-15-9-10-20-19-17(15)11-18(23)22-19/h5-8,10,12,15H,3-4,9,11,13H2,1-2H3,(H,22,23). The third kappa shape index (κ3) is 5.01. The minimum Gasteiger partial charge on any atom is -0.310 e. The molecule has 27 heavy (non-hydrogen) atoms. The predicted octanol–water partition coefficient (Wildman–Crippen LogP) is 3.98. The summed E-state index contributed by atoms with van der Waals surface area (Å²) in [6.07, 6.45) is 5.03. The van der Waals surface area contributed by atoms with Gasteiger partial charge >= 0.3 is 7.60 Å². The van der Waals surface area contributed by atoms with Gasteiger partial charge in [0.15, 0.2) is 0 Å². The number of amides is 1. The Balaban J connectivity index is 1.66. The van der Waals surface area contributed by atoms with E-state index in [1.54, 1.807) is 13.8 Å². The number of benzene rings is 1. The van der Waals surface area contributed by atoms with Gasteiger partial charge in [-0.2, -0.15) is 0 Å². The Kier molecular flexibility index (Phi) is 6.37. The van der Waals surface area contributed by atoms with Crippen LogP contribution < -0.4 is 5.32 Å². The molecule has 0 fully saturated rings. The molecule has 1 N–H and O–H groups in total. The highest BCUT2D eigenvalue weighted by Gasteiger charge is 2.28. The molecule has 8 heteroatoms. The lowest BCUT2D eigenvalue weighted by Gasteiger charge is -2.17. The highest BCUT2D eigenvalue weighted by atomic mass is 31.2. The first-order valence-corrected chi connectivity index (χ1v) is 10.8. The van der Waals surface area contributed by atoms with Crippen LogP contribution in [0.1, 0.15) is 32.3 Å². The van der Waals surface area contributed by atoms with Crippen molar-refractivity contribution < 1.29 is 18.4 Å². The van der Waals surface area contributed by atoms with E-state index < -0.39 is 7.60 Å². The molecule has 0 aliphatic carbocycles. The molecule has 1 amide bonds. The average Bonchev–Trinajstić information content (AvgIpc) is 3.02. The van der Waals surface area contributed by atoms with Crippen LogP contribution in [0.3, 0.4) is 0 Å². The van der Waals surface area contributed by atoms with Crippen LogP contribution in [-0.2, 0) is 24.6 Å². The maximum Gasteiger partial charge on any atom is 0.335 e. The molecule has 7 nitrogen and oxygen atoms in total. The first-order chi connectivity index (χ1) is 13.0. The Hall–Kier alpha value is -2.08. The zero-order valence-electron chi connectivity index (χ0n) is 15.6. The molecule has 2 heterocycles. The van der Waals surface area contributed by atoms with E-state index in [-0.39, 0.29) is 18.0 Å². The van der Waals surface area contributed by atoms with Crippen molar-refractivity contribution in [2.24, 2.45) is 15.9 Å². The SMILES string of the molecule is CCOP(=O)(Cc1ccc(N=CC2CC=NC3=C2CC(=O)N3)cc1)OCC. The maximum atomic E-state index is 12.6. The van der Waals surface area contributed by atoms with Crippen molar-refractivity contribution in [3.8, 4) is 0 Å². The molecule has 0 radical (unpaired) electrons. The Labute approximate surface area is 159 Å². The second kappa shape index (κ2) is 8.74. The molecule has 0 aromatic heterocycles. The van der Waals surface area contributed by atoms with Gasteiger partial charge < -0.3 is 14.4 Å². The van der Waals surface area contributed by atoms with Crippen LogP contribution in [0.25, 0.3) is 0 Å². The second-order valence-corrected chi connectivity index (χ2v) is 8.36. The minimum absolute atomic E-state index is 0.0187. The van der Waals surface area contributed by atoms with Gasteiger partial charge in [-0.25, -0.2) is 4.99 Å². The smallest absolute Gasteiger partial charge is 0.310 e. The fourth-order valence-corrected chi connectivity index (χ4v) is 4.80. The number of nitrogens with one attached hydrogen (secondary N) is 1. The zero-order chi connectivity index (χ0) is 19.3. The van der Waals surface area contributed by atoms with Gasteiger partial charge in [0.2, 0.25) is 5.91 Å². The first kappa shape index (κ1) is 19.7. The van der Waals surface area contributed by atoms with Crippen LogP contribution in [0.2, 0.25) is 0 Å². The number of carbonyl (C=O) groups excluding carboxylic acids is 1. The van der Waals surface area contributed by atoms with Crippen molar-refractivity contribution in [3.63, 3.8) is 0 Å². The molecule has 2 aliphatic heterocycles. The third-order valence-corrected chi connectivity index (χ3v) is 6.36. The summed E-state index contributed by atoms with van der Waals surface area (Å²) in [6, 6.07) is 7.51. The summed E-state index contributed by atoms with van der Waals surface area (Å²) in [4.78, 5) is 20.3. The van der Waals surface area contributed by atoms with Gasteiger partial charge in [-0.1, -0.05) is 12.1 Å². The summed E-state index contributed by atoms with van der Waals surface area (Å²) in [5, 5.41) is 2.76. The molecule has 1 aromatic rings. The molecular formula is C19H24N3O4P. The van der Waals surface area contributed by atoms with E-state index in [0.717, 1.165) is 23.2 Å². The maximum absolute atomic E-state index is 12.6. The average molecular weight is 389 g/mol. The van der Waals surface area contributed by atoms with Gasteiger partial charge in [-0.05, 0) is 43.5 Å². The molecule has 2 aliphatic rings. The van der Waals surface area contributed by atoms with Gasteiger partial charge in [0, 0.05) is 18.3 Å². The van der Waals surface area contributed by atoms with Crippen LogP contribution in [0.15, 0.2) is 45.6 Å². The van der Waals surface area contributed by atoms with E-state index >= 15 is 0 Å². The molecule has 144 valence electrons. The molecule has 0 saturated carbocycles. The van der Waals surface area contributed by atoms with E-state index in [9.17, 15) is 9.36 Å². The van der Waals surface area contributed by atoms with E-state index in [4.69, 9.17) is 9.05 Å². The van der Waals surface area contributed by atoms with Gasteiger partial charge in [-0.3, -0.25) is 14.4 Å². The van der Waals surface area contributed by atoms with Crippen molar-refractivity contribution in [1.29, 1.82) is 0 Å². The molecule has 0 bridgehead atoms. The highest BCUT2D eigenvalue weighted by Crippen LogP contribution is 2.51. The Morgan fingerprint density at radius 3 is 2.63 bits per heavy atom. The van der Waals surface area contributed by atoms with Crippen molar-refractivity contribution >= 4 is 31.6 Å². The van der Waals surface area contributed by atoms with Crippen LogP contribution in [0.5, 0.6) is 0 Å². The quantitative estimate of drug-likeness (QED) is 0.538. The van der Waals surface area contributed by atoms with Crippen molar-refractivity contribution in [3.05, 3.63) is 41.2 Å². The summed E-state index contributed by atoms with van der Waals surface area (Å²) in [7, 11) is -3.11. The van der Waals surface area contributed by atoms with E-state index in [1.807, 2.05) is 36.7 Å². The number of hydrogen-bond acceptors (Lipinski definition) is 6. The lowest BCUT2D eigenvalue weighted by Crippen LogP contribution is -2.15. The van der Waals surface area contributed by atoms with Gasteiger partial charge in [0.05, 0.1) is 31.5 Å². The summed E-state index contributed by atoms with van der Waals surface area (Å²) in [5.41, 5.74) is 2.67. The van der Waals surface area contributed by atoms with E-state index in [1.165, 1.54) is 0 Å². The van der Waals surface area contributed by atoms with Crippen molar-refractivity contribution in [2.75, 3.05) is 13.2 Å². The minimum atomic E-state index is -3.11. The summed E-state index contributed by atoms with van der Waals surface area (Å²) >= 11 is 0. The lowest BCUT2D eigenvalue weighted by atomic mass is 9.94. The number of aliphatic imine (C=N–C) groups is 2. The Morgan fingerprint density at radius 2 is 1.96 bits per heavy atom. The van der Waals surface area contributed by atoms with Gasteiger partial charge in [0.1, 0.15) is 5.82 Å². The Morgan fingerprint density at radius 1 is 1.26 bits per heavy atom. The van der Waals surface area contributed by atoms with Crippen LogP contribution in [0.4, 0.5) is 5.69 Å². The van der Waals surface area contributed by atoms with Crippen molar-refractivity contribution in [2.45, 2.75) is 32.9 Å².